The first kappa shape index (κ1) is 17.1. The van der Waals surface area contributed by atoms with E-state index in [-0.39, 0.29) is 11.9 Å². The topological polar surface area (TPSA) is 88.3 Å². The Bertz CT molecular complexity index is 728. The Morgan fingerprint density at radius 2 is 1.92 bits per heavy atom. The first-order valence-corrected chi connectivity index (χ1v) is 9.43. The van der Waals surface area contributed by atoms with E-state index in [1.165, 1.54) is 19.3 Å². The lowest BCUT2D eigenvalue weighted by atomic mass is 10.0. The van der Waals surface area contributed by atoms with Crippen LogP contribution in [-0.4, -0.2) is 62.1 Å². The Hall–Kier alpha value is -2.35. The van der Waals surface area contributed by atoms with E-state index in [2.05, 4.69) is 25.1 Å². The zero-order valence-corrected chi connectivity index (χ0v) is 14.9. The SMILES string of the molecule is O=C(CN1CCCCC1)N1CCCCC1c1nnc(-c2cnccn2)o1. The highest BCUT2D eigenvalue weighted by atomic mass is 16.4. The lowest BCUT2D eigenvalue weighted by Gasteiger charge is -2.35. The zero-order chi connectivity index (χ0) is 17.8. The van der Waals surface area contributed by atoms with Crippen molar-refractivity contribution in [3.05, 3.63) is 24.5 Å². The number of hydrogen-bond acceptors (Lipinski definition) is 7. The number of rotatable bonds is 4. The van der Waals surface area contributed by atoms with Gasteiger partial charge in [-0.25, -0.2) is 4.98 Å². The molecule has 2 fully saturated rings. The maximum atomic E-state index is 12.9. The van der Waals surface area contributed by atoms with Gasteiger partial charge in [-0.2, -0.15) is 0 Å². The van der Waals surface area contributed by atoms with E-state index in [1.54, 1.807) is 18.6 Å². The summed E-state index contributed by atoms with van der Waals surface area (Å²) in [6, 6.07) is -0.140. The van der Waals surface area contributed by atoms with Gasteiger partial charge in [-0.3, -0.25) is 14.7 Å². The largest absolute Gasteiger partial charge is 0.417 e. The number of likely N-dealkylation sites (tertiary alicyclic amines) is 2. The molecule has 138 valence electrons. The van der Waals surface area contributed by atoms with Crippen molar-refractivity contribution in [3.8, 4) is 11.6 Å². The minimum Gasteiger partial charge on any atom is -0.417 e. The highest BCUT2D eigenvalue weighted by Crippen LogP contribution is 2.31. The monoisotopic (exact) mass is 356 g/mol. The van der Waals surface area contributed by atoms with Gasteiger partial charge in [0.25, 0.3) is 5.89 Å². The van der Waals surface area contributed by atoms with E-state index in [0.29, 0.717) is 24.0 Å². The second-order valence-electron chi connectivity index (χ2n) is 6.97. The lowest BCUT2D eigenvalue weighted by molar-refractivity contribution is -0.137. The van der Waals surface area contributed by atoms with Crippen LogP contribution in [0.5, 0.6) is 0 Å². The third-order valence-corrected chi connectivity index (χ3v) is 5.14. The summed E-state index contributed by atoms with van der Waals surface area (Å²) in [6.45, 7) is 3.27. The standard InChI is InChI=1S/C18H24N6O2/c25-16(13-23-9-3-1-4-10-23)24-11-5-2-6-15(24)18-22-21-17(26-18)14-12-19-7-8-20-14/h7-8,12,15H,1-6,9-11,13H2. The van der Waals surface area contributed by atoms with Gasteiger partial charge in [-0.1, -0.05) is 6.42 Å². The molecule has 4 heterocycles. The zero-order valence-electron chi connectivity index (χ0n) is 14.9. The molecule has 2 aromatic rings. The van der Waals surface area contributed by atoms with Crippen LogP contribution < -0.4 is 0 Å². The fourth-order valence-electron chi connectivity index (χ4n) is 3.77. The predicted octanol–water partition coefficient (Wildman–Crippen LogP) is 2.07. The smallest absolute Gasteiger partial charge is 0.267 e. The predicted molar refractivity (Wildman–Crippen MR) is 93.9 cm³/mol. The van der Waals surface area contributed by atoms with Gasteiger partial charge in [0.2, 0.25) is 11.8 Å². The Kier molecular flexibility index (Phi) is 5.19. The van der Waals surface area contributed by atoms with Crippen molar-refractivity contribution < 1.29 is 9.21 Å². The molecule has 8 nitrogen and oxygen atoms in total. The Morgan fingerprint density at radius 3 is 2.73 bits per heavy atom. The summed E-state index contributed by atoms with van der Waals surface area (Å²) in [6.07, 6.45) is 11.4. The van der Waals surface area contributed by atoms with Crippen molar-refractivity contribution >= 4 is 5.91 Å². The summed E-state index contributed by atoms with van der Waals surface area (Å²) < 4.78 is 5.85. The number of carbonyl (C=O) groups is 1. The summed E-state index contributed by atoms with van der Waals surface area (Å²) in [5, 5.41) is 8.31. The van der Waals surface area contributed by atoms with Crippen LogP contribution in [0.4, 0.5) is 0 Å². The van der Waals surface area contributed by atoms with Crippen LogP contribution in [0.15, 0.2) is 23.0 Å². The molecule has 8 heteroatoms. The second kappa shape index (κ2) is 7.90. The molecule has 26 heavy (non-hydrogen) atoms. The van der Waals surface area contributed by atoms with Gasteiger partial charge in [0, 0.05) is 18.9 Å². The molecule has 2 saturated heterocycles. The van der Waals surface area contributed by atoms with Gasteiger partial charge in [-0.05, 0) is 45.2 Å². The molecule has 2 aliphatic rings. The van der Waals surface area contributed by atoms with Crippen molar-refractivity contribution in [2.75, 3.05) is 26.2 Å². The molecule has 0 aromatic carbocycles. The van der Waals surface area contributed by atoms with Gasteiger partial charge < -0.3 is 9.32 Å². The summed E-state index contributed by atoms with van der Waals surface area (Å²) in [5.74, 6) is 1.01. The van der Waals surface area contributed by atoms with Crippen molar-refractivity contribution in [2.24, 2.45) is 0 Å². The minimum atomic E-state index is -0.140. The van der Waals surface area contributed by atoms with Crippen molar-refractivity contribution in [1.29, 1.82) is 0 Å². The van der Waals surface area contributed by atoms with Crippen LogP contribution in [0.25, 0.3) is 11.6 Å². The van der Waals surface area contributed by atoms with Crippen LogP contribution in [0, 0.1) is 0 Å². The highest BCUT2D eigenvalue weighted by molar-refractivity contribution is 5.78. The average Bonchev–Trinajstić information content (AvgIpc) is 3.19. The molecule has 0 bridgehead atoms. The normalized spacial score (nSPS) is 21.7. The fraction of sp³-hybridized carbons (Fsp3) is 0.611. The molecule has 4 rings (SSSR count). The molecule has 0 N–H and O–H groups in total. The molecular weight excluding hydrogens is 332 g/mol. The van der Waals surface area contributed by atoms with E-state index in [9.17, 15) is 4.79 Å². The molecule has 0 aliphatic carbocycles. The van der Waals surface area contributed by atoms with Crippen LogP contribution in [0.2, 0.25) is 0 Å². The van der Waals surface area contributed by atoms with E-state index in [1.807, 2.05) is 4.90 Å². The molecule has 2 aliphatic heterocycles. The minimum absolute atomic E-state index is 0.140. The quantitative estimate of drug-likeness (QED) is 0.828. The molecule has 2 aromatic heterocycles. The molecule has 1 amide bonds. The first-order chi connectivity index (χ1) is 12.8. The molecule has 1 atom stereocenters. The third-order valence-electron chi connectivity index (χ3n) is 5.14. The van der Waals surface area contributed by atoms with Crippen LogP contribution in [0.1, 0.15) is 50.5 Å². The van der Waals surface area contributed by atoms with Gasteiger partial charge in [0.15, 0.2) is 0 Å². The number of piperidine rings is 2. The molecule has 0 spiro atoms. The third kappa shape index (κ3) is 3.75. The average molecular weight is 356 g/mol. The Balaban J connectivity index is 1.48. The van der Waals surface area contributed by atoms with E-state index >= 15 is 0 Å². The maximum absolute atomic E-state index is 12.9. The van der Waals surface area contributed by atoms with Gasteiger partial charge >= 0.3 is 0 Å². The van der Waals surface area contributed by atoms with Crippen molar-refractivity contribution in [3.63, 3.8) is 0 Å². The number of carbonyl (C=O) groups excluding carboxylic acids is 1. The van der Waals surface area contributed by atoms with E-state index in [4.69, 9.17) is 4.42 Å². The lowest BCUT2D eigenvalue weighted by Crippen LogP contribution is -2.45. The van der Waals surface area contributed by atoms with E-state index in [0.717, 1.165) is 38.9 Å². The number of nitrogens with zero attached hydrogens (tertiary/aromatic N) is 6. The first-order valence-electron chi connectivity index (χ1n) is 9.43. The Labute approximate surface area is 152 Å². The molecule has 0 radical (unpaired) electrons. The number of amides is 1. The number of aromatic nitrogens is 4. The summed E-state index contributed by atoms with van der Waals surface area (Å²) in [4.78, 5) is 25.3. The van der Waals surface area contributed by atoms with Crippen LogP contribution in [-0.2, 0) is 4.79 Å². The fourth-order valence-corrected chi connectivity index (χ4v) is 3.77. The summed E-state index contributed by atoms with van der Waals surface area (Å²) in [7, 11) is 0. The maximum Gasteiger partial charge on any atom is 0.267 e. The molecule has 0 saturated carbocycles. The van der Waals surface area contributed by atoms with Gasteiger partial charge in [0.05, 0.1) is 12.7 Å². The van der Waals surface area contributed by atoms with Crippen molar-refractivity contribution in [1.82, 2.24) is 30.0 Å². The highest BCUT2D eigenvalue weighted by Gasteiger charge is 2.33. The van der Waals surface area contributed by atoms with Crippen molar-refractivity contribution in [2.45, 2.75) is 44.6 Å². The van der Waals surface area contributed by atoms with Gasteiger partial charge in [0.1, 0.15) is 11.7 Å². The molecule has 1 unspecified atom stereocenters. The Morgan fingerprint density at radius 1 is 1.08 bits per heavy atom. The van der Waals surface area contributed by atoms with Gasteiger partial charge in [-0.15, -0.1) is 10.2 Å². The van der Waals surface area contributed by atoms with Crippen LogP contribution in [0.3, 0.4) is 0 Å². The van der Waals surface area contributed by atoms with Crippen LogP contribution >= 0.6 is 0 Å². The summed E-state index contributed by atoms with van der Waals surface area (Å²) >= 11 is 0. The number of hydrogen-bond donors (Lipinski definition) is 0. The molecular formula is C18H24N6O2. The van der Waals surface area contributed by atoms with E-state index < -0.39 is 0 Å². The summed E-state index contributed by atoms with van der Waals surface area (Å²) in [5.41, 5.74) is 0.549. The second-order valence-corrected chi connectivity index (χ2v) is 6.97.